The van der Waals surface area contributed by atoms with Crippen LogP contribution in [0.1, 0.15) is 26.7 Å². The Balaban J connectivity index is 3.31. The molecule has 0 saturated heterocycles. The Morgan fingerprint density at radius 3 is 2.75 bits per heavy atom. The van der Waals surface area contributed by atoms with Crippen LogP contribution in [0.2, 0.25) is 0 Å². The molecule has 0 aromatic carbocycles. The maximum Gasteiger partial charge on any atom is 0.0615 e. The molecule has 12 heavy (non-hydrogen) atoms. The Morgan fingerprint density at radius 2 is 2.25 bits per heavy atom. The fourth-order valence-corrected chi connectivity index (χ4v) is 1.06. The van der Waals surface area contributed by atoms with E-state index < -0.39 is 0 Å². The summed E-state index contributed by atoms with van der Waals surface area (Å²) in [7, 11) is 1.75. The molecule has 2 nitrogen and oxygen atoms in total. The Hall–Kier alpha value is -0.340. The van der Waals surface area contributed by atoms with E-state index in [0.717, 1.165) is 26.0 Å². The lowest BCUT2D eigenvalue weighted by atomic mass is 10.2. The van der Waals surface area contributed by atoms with Gasteiger partial charge in [-0.2, -0.15) is 0 Å². The maximum absolute atomic E-state index is 5.07. The molecule has 2 heteroatoms. The second kappa shape index (κ2) is 8.75. The van der Waals surface area contributed by atoms with E-state index >= 15 is 0 Å². The summed E-state index contributed by atoms with van der Waals surface area (Å²) < 4.78 is 5.07. The smallest absolute Gasteiger partial charge is 0.0615 e. The molecule has 0 aliphatic rings. The van der Waals surface area contributed by atoms with Crippen LogP contribution >= 0.6 is 0 Å². The van der Waals surface area contributed by atoms with Gasteiger partial charge in [-0.05, 0) is 26.3 Å². The highest BCUT2D eigenvalue weighted by molar-refractivity contribution is 4.78. The van der Waals surface area contributed by atoms with Crippen molar-refractivity contribution in [3.8, 4) is 0 Å². The third kappa shape index (κ3) is 6.38. The molecule has 0 heterocycles. The summed E-state index contributed by atoms with van der Waals surface area (Å²) in [5, 5.41) is 3.43. The van der Waals surface area contributed by atoms with Gasteiger partial charge in [-0.15, -0.1) is 0 Å². The number of ether oxygens (including phenoxy) is 1. The summed E-state index contributed by atoms with van der Waals surface area (Å²) in [5.74, 6) is 0. The van der Waals surface area contributed by atoms with Crippen molar-refractivity contribution in [3.05, 3.63) is 12.2 Å². The Morgan fingerprint density at radius 1 is 1.50 bits per heavy atom. The summed E-state index contributed by atoms with van der Waals surface area (Å²) in [6, 6.07) is 0.514. The molecule has 0 rings (SSSR count). The molecule has 72 valence electrons. The van der Waals surface area contributed by atoms with Crippen molar-refractivity contribution in [3.63, 3.8) is 0 Å². The summed E-state index contributed by atoms with van der Waals surface area (Å²) in [5.41, 5.74) is 0. The Labute approximate surface area is 76.0 Å². The van der Waals surface area contributed by atoms with Crippen molar-refractivity contribution in [1.29, 1.82) is 0 Å². The topological polar surface area (TPSA) is 21.3 Å². The second-order valence-electron chi connectivity index (χ2n) is 2.87. The van der Waals surface area contributed by atoms with Gasteiger partial charge < -0.3 is 10.1 Å². The zero-order valence-electron chi connectivity index (χ0n) is 8.47. The van der Waals surface area contributed by atoms with Gasteiger partial charge >= 0.3 is 0 Å². The van der Waals surface area contributed by atoms with E-state index in [9.17, 15) is 0 Å². The van der Waals surface area contributed by atoms with Crippen LogP contribution in [0.15, 0.2) is 12.2 Å². The quantitative estimate of drug-likeness (QED) is 0.467. The first-order valence-corrected chi connectivity index (χ1v) is 4.68. The minimum atomic E-state index is 0.514. The Kier molecular flexibility index (Phi) is 8.51. The largest absolute Gasteiger partial charge is 0.383 e. The van der Waals surface area contributed by atoms with Gasteiger partial charge in [-0.25, -0.2) is 0 Å². The van der Waals surface area contributed by atoms with E-state index in [2.05, 4.69) is 24.4 Å². The van der Waals surface area contributed by atoms with Crippen LogP contribution in [-0.2, 0) is 4.74 Å². The fourth-order valence-electron chi connectivity index (χ4n) is 1.06. The molecule has 0 saturated carbocycles. The molecule has 0 bridgehead atoms. The highest BCUT2D eigenvalue weighted by Crippen LogP contribution is 1.91. The lowest BCUT2D eigenvalue weighted by Crippen LogP contribution is -2.33. The van der Waals surface area contributed by atoms with Crippen LogP contribution in [0.25, 0.3) is 0 Å². The number of nitrogens with one attached hydrogen (secondary N) is 1. The van der Waals surface area contributed by atoms with Gasteiger partial charge in [-0.1, -0.05) is 19.1 Å². The molecule has 0 aromatic rings. The first-order valence-electron chi connectivity index (χ1n) is 4.68. The van der Waals surface area contributed by atoms with E-state index in [-0.39, 0.29) is 0 Å². The van der Waals surface area contributed by atoms with Gasteiger partial charge in [0.2, 0.25) is 0 Å². The van der Waals surface area contributed by atoms with E-state index in [0.29, 0.717) is 6.04 Å². The summed E-state index contributed by atoms with van der Waals surface area (Å²) in [4.78, 5) is 0. The zero-order chi connectivity index (χ0) is 9.23. The van der Waals surface area contributed by atoms with E-state index in [1.54, 1.807) is 7.11 Å². The molecule has 0 amide bonds. The van der Waals surface area contributed by atoms with Gasteiger partial charge in [-0.3, -0.25) is 0 Å². The highest BCUT2D eigenvalue weighted by atomic mass is 16.5. The average Bonchev–Trinajstić information content (AvgIpc) is 2.10. The van der Waals surface area contributed by atoms with Gasteiger partial charge in [0.1, 0.15) is 0 Å². The van der Waals surface area contributed by atoms with Gasteiger partial charge in [0.25, 0.3) is 0 Å². The molecule has 0 aliphatic heterocycles. The number of rotatable bonds is 7. The van der Waals surface area contributed by atoms with Crippen LogP contribution in [0.5, 0.6) is 0 Å². The van der Waals surface area contributed by atoms with Gasteiger partial charge in [0.15, 0.2) is 0 Å². The minimum absolute atomic E-state index is 0.514. The second-order valence-corrected chi connectivity index (χ2v) is 2.87. The van der Waals surface area contributed by atoms with E-state index in [1.165, 1.54) is 0 Å². The summed E-state index contributed by atoms with van der Waals surface area (Å²) in [6.45, 7) is 6.08. The van der Waals surface area contributed by atoms with Crippen molar-refractivity contribution in [2.24, 2.45) is 0 Å². The van der Waals surface area contributed by atoms with Gasteiger partial charge in [0, 0.05) is 13.2 Å². The molecule has 0 spiro atoms. The number of methoxy groups -OCH3 is 1. The molecule has 1 atom stereocenters. The monoisotopic (exact) mass is 171 g/mol. The van der Waals surface area contributed by atoms with Crippen molar-refractivity contribution in [2.45, 2.75) is 32.7 Å². The molecule has 0 fully saturated rings. The van der Waals surface area contributed by atoms with Crippen molar-refractivity contribution >= 4 is 0 Å². The predicted octanol–water partition coefficient (Wildman–Crippen LogP) is 1.97. The van der Waals surface area contributed by atoms with Crippen LogP contribution < -0.4 is 5.32 Å². The van der Waals surface area contributed by atoms with E-state index in [4.69, 9.17) is 4.74 Å². The van der Waals surface area contributed by atoms with Crippen molar-refractivity contribution < 1.29 is 4.74 Å². The van der Waals surface area contributed by atoms with Crippen LogP contribution in [0.3, 0.4) is 0 Å². The average molecular weight is 171 g/mol. The van der Waals surface area contributed by atoms with Crippen molar-refractivity contribution in [2.75, 3.05) is 20.3 Å². The molecule has 1 unspecified atom stereocenters. The first-order chi connectivity index (χ1) is 5.85. The van der Waals surface area contributed by atoms with E-state index in [1.807, 2.05) is 6.92 Å². The van der Waals surface area contributed by atoms with Crippen LogP contribution in [0.4, 0.5) is 0 Å². The number of hydrogen-bond acceptors (Lipinski definition) is 2. The minimum Gasteiger partial charge on any atom is -0.383 e. The molecular formula is C10H21NO. The zero-order valence-corrected chi connectivity index (χ0v) is 8.47. The predicted molar refractivity (Wildman–Crippen MR) is 53.4 cm³/mol. The van der Waals surface area contributed by atoms with Crippen LogP contribution in [0, 0.1) is 0 Å². The van der Waals surface area contributed by atoms with Crippen LogP contribution in [-0.4, -0.2) is 26.3 Å². The maximum atomic E-state index is 5.07. The highest BCUT2D eigenvalue weighted by Gasteiger charge is 2.02. The molecule has 0 radical (unpaired) electrons. The summed E-state index contributed by atoms with van der Waals surface area (Å²) in [6.07, 6.45) is 6.49. The third-order valence-corrected chi connectivity index (χ3v) is 1.84. The standard InChI is InChI=1S/C10H21NO/c1-4-6-7-8-11-10(5-2)9-12-3/h4,6,10-11H,5,7-9H2,1-3H3/b6-4-. The number of hydrogen-bond donors (Lipinski definition) is 1. The van der Waals surface area contributed by atoms with Gasteiger partial charge in [0.05, 0.1) is 6.61 Å². The fraction of sp³-hybridized carbons (Fsp3) is 0.800. The lowest BCUT2D eigenvalue weighted by Gasteiger charge is -2.14. The molecule has 0 aliphatic carbocycles. The normalized spacial score (nSPS) is 13.9. The lowest BCUT2D eigenvalue weighted by molar-refractivity contribution is 0.165. The first kappa shape index (κ1) is 11.7. The molecular weight excluding hydrogens is 150 g/mol. The summed E-state index contributed by atoms with van der Waals surface area (Å²) >= 11 is 0. The van der Waals surface area contributed by atoms with Crippen molar-refractivity contribution in [1.82, 2.24) is 5.32 Å². The Bertz CT molecular complexity index is 112. The molecule has 1 N–H and O–H groups in total. The number of allylic oxidation sites excluding steroid dienone is 1. The molecule has 0 aromatic heterocycles. The SMILES string of the molecule is C/C=C\CCNC(CC)COC. The third-order valence-electron chi connectivity index (χ3n) is 1.84.